The van der Waals surface area contributed by atoms with Crippen molar-refractivity contribution in [2.45, 2.75) is 20.8 Å². The van der Waals surface area contributed by atoms with Crippen molar-refractivity contribution >= 4 is 0 Å². The van der Waals surface area contributed by atoms with Crippen molar-refractivity contribution in [3.8, 4) is 0 Å². The van der Waals surface area contributed by atoms with Crippen LogP contribution in [-0.2, 0) is 21.7 Å². The molecular formula is C9H26NO3Ti-. The van der Waals surface area contributed by atoms with Crippen LogP contribution in [0.5, 0.6) is 0 Å². The van der Waals surface area contributed by atoms with Crippen molar-refractivity contribution in [3.05, 3.63) is 6.54 Å². The number of aliphatic hydroxyl groups is 3. The topological polar surface area (TPSA) is 72.7 Å². The predicted molar refractivity (Wildman–Crippen MR) is 57.2 cm³/mol. The van der Waals surface area contributed by atoms with Crippen LogP contribution in [0.1, 0.15) is 20.8 Å². The van der Waals surface area contributed by atoms with Gasteiger partial charge in [0.25, 0.3) is 0 Å². The van der Waals surface area contributed by atoms with Crippen LogP contribution >= 0.6 is 0 Å². The molecule has 4 N–H and O–H groups in total. The van der Waals surface area contributed by atoms with Crippen molar-refractivity contribution in [1.82, 2.24) is 5.32 Å². The van der Waals surface area contributed by atoms with E-state index in [-0.39, 0.29) is 21.7 Å². The van der Waals surface area contributed by atoms with Crippen LogP contribution in [0.4, 0.5) is 0 Å². The number of nitrogens with one attached hydrogen (secondary N) is 1. The summed E-state index contributed by atoms with van der Waals surface area (Å²) in [6.45, 7) is 9.54. The van der Waals surface area contributed by atoms with Gasteiger partial charge in [-0.1, -0.05) is 20.8 Å². The van der Waals surface area contributed by atoms with Gasteiger partial charge in [-0.05, 0) is 6.54 Å². The van der Waals surface area contributed by atoms with Crippen LogP contribution < -0.4 is 5.32 Å². The Morgan fingerprint density at radius 3 is 1.36 bits per heavy atom. The van der Waals surface area contributed by atoms with Gasteiger partial charge in [-0.3, -0.25) is 6.54 Å². The van der Waals surface area contributed by atoms with E-state index >= 15 is 0 Å². The molecule has 14 heavy (non-hydrogen) atoms. The minimum absolute atomic E-state index is 0. The molecule has 5 heteroatoms. The summed E-state index contributed by atoms with van der Waals surface area (Å²) in [4.78, 5) is 0. The van der Waals surface area contributed by atoms with Gasteiger partial charge in [0.1, 0.15) is 0 Å². The summed E-state index contributed by atoms with van der Waals surface area (Å²) in [5.41, 5.74) is 0. The summed E-state index contributed by atoms with van der Waals surface area (Å²) in [5.74, 6) is 0.667. The van der Waals surface area contributed by atoms with Gasteiger partial charge in [-0.2, -0.15) is 5.92 Å². The van der Waals surface area contributed by atoms with Gasteiger partial charge in [-0.25, -0.2) is 0 Å². The maximum Gasteiger partial charge on any atom is 0.0319 e. The van der Waals surface area contributed by atoms with Gasteiger partial charge >= 0.3 is 0 Å². The van der Waals surface area contributed by atoms with E-state index in [4.69, 9.17) is 15.3 Å². The molecule has 4 nitrogen and oxygen atoms in total. The monoisotopic (exact) mass is 244 g/mol. The Kier molecular flexibility index (Phi) is 104. The summed E-state index contributed by atoms with van der Waals surface area (Å²) in [6.07, 6.45) is 0. The van der Waals surface area contributed by atoms with Crippen molar-refractivity contribution in [3.63, 3.8) is 0 Å². The van der Waals surface area contributed by atoms with Crippen LogP contribution in [0.3, 0.4) is 0 Å². The van der Waals surface area contributed by atoms with E-state index in [2.05, 4.69) is 32.6 Å². The van der Waals surface area contributed by atoms with E-state index < -0.39 is 0 Å². The maximum atomic E-state index is 7.00. The number of hydrogen-bond donors (Lipinski definition) is 4. The van der Waals surface area contributed by atoms with Crippen molar-refractivity contribution in [1.29, 1.82) is 0 Å². The van der Waals surface area contributed by atoms with Crippen LogP contribution in [-0.4, -0.2) is 43.2 Å². The zero-order chi connectivity index (χ0) is 11.7. The van der Waals surface area contributed by atoms with Gasteiger partial charge in [0.05, 0.1) is 0 Å². The molecule has 0 radical (unpaired) electrons. The first-order valence-electron chi connectivity index (χ1n) is 4.18. The molecule has 0 aromatic carbocycles. The Bertz CT molecular complexity index is 49.0. The second-order valence-corrected chi connectivity index (χ2v) is 1.97. The molecule has 90 valence electrons. The summed E-state index contributed by atoms with van der Waals surface area (Å²) >= 11 is 0. The summed E-state index contributed by atoms with van der Waals surface area (Å²) in [7, 11) is 3.00. The molecule has 0 fully saturated rings. The van der Waals surface area contributed by atoms with Crippen LogP contribution in [0.15, 0.2) is 0 Å². The second-order valence-electron chi connectivity index (χ2n) is 1.97. The fourth-order valence-corrected chi connectivity index (χ4v) is 0.354. The molecule has 0 bridgehead atoms. The Balaban J connectivity index is -0.0000000332. The van der Waals surface area contributed by atoms with E-state index in [1.807, 2.05) is 0 Å². The first-order chi connectivity index (χ1) is 6.27. The Morgan fingerprint density at radius 1 is 1.00 bits per heavy atom. The van der Waals surface area contributed by atoms with Gasteiger partial charge in [0.2, 0.25) is 0 Å². The SMILES string of the molecule is CCN[CH-]C(C)C.CO.CO.CO.[Ti]. The van der Waals surface area contributed by atoms with E-state index in [0.717, 1.165) is 27.9 Å². The molecule has 0 rings (SSSR count). The van der Waals surface area contributed by atoms with Gasteiger partial charge < -0.3 is 20.6 Å². The molecule has 0 atom stereocenters. The molecule has 0 aliphatic carbocycles. The van der Waals surface area contributed by atoms with Crippen molar-refractivity contribution in [2.75, 3.05) is 27.9 Å². The first-order valence-corrected chi connectivity index (χ1v) is 4.18. The average Bonchev–Trinajstić information content (AvgIpc) is 2.24. The Morgan fingerprint density at radius 2 is 1.29 bits per heavy atom. The molecule has 0 aromatic heterocycles. The molecule has 0 aliphatic heterocycles. The van der Waals surface area contributed by atoms with Crippen molar-refractivity contribution < 1.29 is 37.0 Å². The minimum atomic E-state index is 0. The van der Waals surface area contributed by atoms with E-state index in [0.29, 0.717) is 5.92 Å². The smallest absolute Gasteiger partial charge is 0.0319 e. The number of rotatable bonds is 3. The molecular weight excluding hydrogens is 218 g/mol. The molecule has 0 saturated carbocycles. The second kappa shape index (κ2) is 49.7. The number of hydrogen-bond acceptors (Lipinski definition) is 4. The summed E-state index contributed by atoms with van der Waals surface area (Å²) in [5, 5.41) is 24.1. The molecule has 0 aliphatic rings. The summed E-state index contributed by atoms with van der Waals surface area (Å²) in [6, 6.07) is 0. The molecule has 0 amide bonds. The Labute approximate surface area is 104 Å². The zero-order valence-electron chi connectivity index (χ0n) is 10.2. The maximum absolute atomic E-state index is 7.00. The van der Waals surface area contributed by atoms with Crippen LogP contribution in [0.2, 0.25) is 0 Å². The quantitative estimate of drug-likeness (QED) is 0.424. The first kappa shape index (κ1) is 29.3. The van der Waals surface area contributed by atoms with Gasteiger partial charge in [-0.15, -0.1) is 0 Å². The van der Waals surface area contributed by atoms with E-state index in [1.165, 1.54) is 0 Å². The number of aliphatic hydroxyl groups excluding tert-OH is 3. The predicted octanol–water partition coefficient (Wildman–Crippen LogP) is 0.237. The fraction of sp³-hybridized carbons (Fsp3) is 0.889. The molecule has 0 saturated heterocycles. The van der Waals surface area contributed by atoms with E-state index in [9.17, 15) is 0 Å². The third-order valence-electron chi connectivity index (χ3n) is 0.655. The van der Waals surface area contributed by atoms with Gasteiger partial charge in [0.15, 0.2) is 0 Å². The average molecular weight is 244 g/mol. The van der Waals surface area contributed by atoms with Crippen molar-refractivity contribution in [2.24, 2.45) is 5.92 Å². The molecule has 0 heterocycles. The molecule has 0 aromatic rings. The molecule has 0 spiro atoms. The molecule has 0 unspecified atom stereocenters. The van der Waals surface area contributed by atoms with E-state index in [1.54, 1.807) is 0 Å². The normalized spacial score (nSPS) is 6.43. The van der Waals surface area contributed by atoms with Crippen LogP contribution in [0, 0.1) is 12.5 Å². The van der Waals surface area contributed by atoms with Crippen LogP contribution in [0.25, 0.3) is 0 Å². The Hall–Kier alpha value is 0.554. The summed E-state index contributed by atoms with van der Waals surface area (Å²) < 4.78 is 0. The third kappa shape index (κ3) is 80.8. The minimum Gasteiger partial charge on any atom is -0.470 e. The zero-order valence-corrected chi connectivity index (χ0v) is 11.8. The fourth-order valence-electron chi connectivity index (χ4n) is 0.354. The third-order valence-corrected chi connectivity index (χ3v) is 0.655. The largest absolute Gasteiger partial charge is 0.470 e. The van der Waals surface area contributed by atoms with Gasteiger partial charge in [0, 0.05) is 43.0 Å². The standard InChI is InChI=1S/C6H14N.3CH4O.Ti/c1-4-7-5-6(2)3;3*1-2;/h5-7H,4H2,1-3H3;3*2H,1H3;/q-1;;;;.